The monoisotopic (exact) mass is 842 g/mol. The molecule has 0 aliphatic heterocycles. The fourth-order valence-electron chi connectivity index (χ4n) is 8.23. The number of aryl methyl sites for hydroxylation is 2. The van der Waals surface area contributed by atoms with Gasteiger partial charge in [0.05, 0.1) is 0 Å². The van der Waals surface area contributed by atoms with E-state index in [1.54, 1.807) is 0 Å². The minimum Gasteiger partial charge on any atom is -1.00 e. The van der Waals surface area contributed by atoms with Crippen LogP contribution in [0, 0.1) is 27.7 Å². The van der Waals surface area contributed by atoms with Crippen LogP contribution in [0.3, 0.4) is 0 Å². The fourth-order valence-corrected chi connectivity index (χ4v) is 13.1. The van der Waals surface area contributed by atoms with Crippen LogP contribution in [-0.2, 0) is 34.1 Å². The zero-order valence-electron chi connectivity index (χ0n) is 33.6. The molecule has 2 atom stereocenters. The van der Waals surface area contributed by atoms with E-state index in [2.05, 4.69) is 178 Å². The second-order valence-electron chi connectivity index (χ2n) is 17.2. The van der Waals surface area contributed by atoms with Crippen molar-refractivity contribution in [3.8, 4) is 22.3 Å². The van der Waals surface area contributed by atoms with E-state index >= 15 is 0 Å². The summed E-state index contributed by atoms with van der Waals surface area (Å²) >= 11 is -1.41. The van der Waals surface area contributed by atoms with Gasteiger partial charge < -0.3 is 24.8 Å². The van der Waals surface area contributed by atoms with E-state index in [4.69, 9.17) is 8.83 Å². The first kappa shape index (κ1) is 41.0. The number of hydrogen-bond donors (Lipinski definition) is 0. The summed E-state index contributed by atoms with van der Waals surface area (Å²) < 4.78 is 14.2. The van der Waals surface area contributed by atoms with E-state index in [0.29, 0.717) is 0 Å². The van der Waals surface area contributed by atoms with Crippen LogP contribution in [-0.4, -0.2) is 0 Å². The summed E-state index contributed by atoms with van der Waals surface area (Å²) in [7, 11) is 0. The van der Waals surface area contributed by atoms with Crippen LogP contribution in [0.15, 0.2) is 106 Å². The molecule has 2 aliphatic rings. The summed E-state index contributed by atoms with van der Waals surface area (Å²) in [5, 5.41) is 0. The smallest absolute Gasteiger partial charge is 1.00 e. The summed E-state index contributed by atoms with van der Waals surface area (Å²) in [6, 6.07) is 35.8. The molecule has 0 spiro atoms. The molecule has 0 amide bonds. The molecule has 55 heavy (non-hydrogen) atoms. The maximum Gasteiger partial charge on any atom is -1.00 e. The van der Waals surface area contributed by atoms with E-state index in [1.165, 1.54) is 77.9 Å². The Kier molecular flexibility index (Phi) is 11.5. The molecule has 6 aromatic rings. The Morgan fingerprint density at radius 2 is 0.855 bits per heavy atom. The van der Waals surface area contributed by atoms with Gasteiger partial charge in [-0.2, -0.15) is 0 Å². The molecule has 0 N–H and O–H groups in total. The third-order valence-electron chi connectivity index (χ3n) is 11.4. The maximum atomic E-state index is 6.82. The van der Waals surface area contributed by atoms with Crippen molar-refractivity contribution in [3.05, 3.63) is 165 Å². The van der Waals surface area contributed by atoms with Crippen molar-refractivity contribution < 1.29 is 56.9 Å². The Bertz CT molecular complexity index is 2260. The molecule has 2 aromatic heterocycles. The molecule has 2 heterocycles. The summed E-state index contributed by atoms with van der Waals surface area (Å²) in [6.07, 6.45) is 4.97. The molecule has 8 rings (SSSR count). The quantitative estimate of drug-likeness (QED) is 0.170. The van der Waals surface area contributed by atoms with Gasteiger partial charge in [0.2, 0.25) is 0 Å². The van der Waals surface area contributed by atoms with E-state index in [1.807, 2.05) is 0 Å². The molecule has 2 unspecified atom stereocenters. The molecule has 2 aliphatic carbocycles. The summed E-state index contributed by atoms with van der Waals surface area (Å²) in [4.78, 5) is 0. The van der Waals surface area contributed by atoms with Crippen molar-refractivity contribution in [2.75, 3.05) is 0 Å². The average molecular weight is 845 g/mol. The number of fused-ring (bicyclic) bond motifs is 2. The zero-order valence-corrected chi connectivity index (χ0v) is 37.6. The Hall–Kier alpha value is -3.62. The molecule has 280 valence electrons. The second-order valence-corrected chi connectivity index (χ2v) is 20.8. The van der Waals surface area contributed by atoms with Gasteiger partial charge in [-0.15, -0.1) is 0 Å². The molecule has 0 saturated carbocycles. The fraction of sp³-hybridized carbons (Fsp3) is 0.280. The number of furan rings is 2. The van der Waals surface area contributed by atoms with E-state index in [9.17, 15) is 0 Å². The minimum absolute atomic E-state index is 0. The molecule has 0 saturated heterocycles. The van der Waals surface area contributed by atoms with Crippen LogP contribution in [0.1, 0.15) is 116 Å². The Morgan fingerprint density at radius 1 is 0.491 bits per heavy atom. The van der Waals surface area contributed by atoms with Crippen molar-refractivity contribution in [2.45, 2.75) is 87.3 Å². The number of hydrogen-bond acceptors (Lipinski definition) is 2. The first-order valence-corrected chi connectivity index (χ1v) is 21.8. The van der Waals surface area contributed by atoms with Gasteiger partial charge in [-0.25, -0.2) is 0 Å². The molecule has 5 heteroatoms. The van der Waals surface area contributed by atoms with Gasteiger partial charge in [0, 0.05) is 0 Å². The van der Waals surface area contributed by atoms with E-state index in [0.717, 1.165) is 23.0 Å². The van der Waals surface area contributed by atoms with Gasteiger partial charge in [-0.05, 0) is 0 Å². The molecule has 0 bridgehead atoms. The van der Waals surface area contributed by atoms with Crippen LogP contribution in [0.5, 0.6) is 0 Å². The number of benzene rings is 4. The molecule has 2 nitrogen and oxygen atoms in total. The Balaban J connectivity index is 0.00000257. The van der Waals surface area contributed by atoms with Crippen molar-refractivity contribution in [2.24, 2.45) is 0 Å². The van der Waals surface area contributed by atoms with Gasteiger partial charge >= 0.3 is 330 Å². The predicted octanol–water partition coefficient (Wildman–Crippen LogP) is 8.02. The minimum atomic E-state index is -1.41. The van der Waals surface area contributed by atoms with Crippen LogP contribution in [0.2, 0.25) is 0 Å². The molecule has 4 aromatic carbocycles. The second kappa shape index (κ2) is 15.4. The van der Waals surface area contributed by atoms with Crippen LogP contribution >= 0.6 is 0 Å². The van der Waals surface area contributed by atoms with Gasteiger partial charge in [-0.3, -0.25) is 0 Å². The third-order valence-corrected chi connectivity index (χ3v) is 16.1. The molecular weight excluding hydrogens is 795 g/mol. The van der Waals surface area contributed by atoms with Crippen molar-refractivity contribution >= 4 is 23.3 Å². The van der Waals surface area contributed by atoms with Crippen LogP contribution in [0.25, 0.3) is 45.6 Å². The number of rotatable bonds is 6. The van der Waals surface area contributed by atoms with Gasteiger partial charge in [0.15, 0.2) is 0 Å². The summed E-state index contributed by atoms with van der Waals surface area (Å²) in [5.41, 5.74) is 18.8. The Morgan fingerprint density at radius 3 is 1.18 bits per heavy atom. The molecule has 0 fully saturated rings. The standard InChI is InChI=1S/2C25H25O.2ClH.Zr/c2*1-16-13-19-14-20(22-11-12-23(26-22)25(3,4)5)15-21(19)24(17(16)2)18-9-7-6-8-10-18;;;/h2*6-15H,1-5H3;2*1H;/q;;;;+2/p-2. The number of allylic oxidation sites excluding steroid dienone is 2. The van der Waals surface area contributed by atoms with Crippen molar-refractivity contribution in [1.29, 1.82) is 0 Å². The van der Waals surface area contributed by atoms with E-state index in [-0.39, 0.29) is 42.9 Å². The normalized spacial score (nSPS) is 16.0. The topological polar surface area (TPSA) is 26.3 Å². The molecular formula is C50H50Cl2O2Zr. The van der Waals surface area contributed by atoms with Gasteiger partial charge in [0.25, 0.3) is 0 Å². The predicted molar refractivity (Wildman–Crippen MR) is 219 cm³/mol. The SMILES string of the molecule is Cc1cc2c(c(-c3ccccc3)c1C)C=C(c1ccc(C(C)(C)C)o1)[CH]2[Zr+2][CH]1C(c2ccc(C(C)(C)C)o2)=Cc2c1cc(C)c(C)c2-c1ccccc1.[Cl-].[Cl-]. The summed E-state index contributed by atoms with van der Waals surface area (Å²) in [6.45, 7) is 22.6. The third kappa shape index (κ3) is 7.38. The van der Waals surface area contributed by atoms with Crippen LogP contribution < -0.4 is 24.8 Å². The van der Waals surface area contributed by atoms with Crippen molar-refractivity contribution in [3.63, 3.8) is 0 Å². The largest absolute Gasteiger partial charge is 1.00 e. The van der Waals surface area contributed by atoms with Crippen LogP contribution in [0.4, 0.5) is 0 Å². The zero-order chi connectivity index (χ0) is 37.4. The maximum absolute atomic E-state index is 6.82. The molecule has 0 radical (unpaired) electrons. The first-order chi connectivity index (χ1) is 25.2. The van der Waals surface area contributed by atoms with Crippen molar-refractivity contribution in [1.82, 2.24) is 0 Å². The number of halogens is 2. The average Bonchev–Trinajstić information content (AvgIpc) is 3.93. The first-order valence-electron chi connectivity index (χ1n) is 19.0. The van der Waals surface area contributed by atoms with Gasteiger partial charge in [0.1, 0.15) is 0 Å². The Labute approximate surface area is 351 Å². The summed E-state index contributed by atoms with van der Waals surface area (Å²) in [5.74, 6) is 4.07. The van der Waals surface area contributed by atoms with Gasteiger partial charge in [-0.1, -0.05) is 0 Å². The van der Waals surface area contributed by atoms with E-state index < -0.39 is 23.2 Å².